The molecule has 1 fully saturated rings. The molecule has 0 bridgehead atoms. The van der Waals surface area contributed by atoms with E-state index in [9.17, 15) is 15.8 Å². The van der Waals surface area contributed by atoms with Crippen molar-refractivity contribution in [2.24, 2.45) is 23.7 Å². The number of nitriles is 3. The monoisotopic (exact) mass is 665 g/mol. The summed E-state index contributed by atoms with van der Waals surface area (Å²) in [6.07, 6.45) is 7.43. The Hall–Kier alpha value is -6.87. The molecule has 0 aliphatic heterocycles. The first kappa shape index (κ1) is 30.0. The third-order valence-electron chi connectivity index (χ3n) is 11.5. The van der Waals surface area contributed by atoms with Gasteiger partial charge in [0, 0.05) is 50.3 Å². The van der Waals surface area contributed by atoms with E-state index in [4.69, 9.17) is 0 Å². The second kappa shape index (κ2) is 11.3. The number of benzene rings is 5. The third kappa shape index (κ3) is 4.19. The van der Waals surface area contributed by atoms with Gasteiger partial charge in [-0.25, -0.2) is 0 Å². The molecule has 0 saturated heterocycles. The molecule has 3 aliphatic carbocycles. The fourth-order valence-electron chi connectivity index (χ4n) is 9.13. The Morgan fingerprint density at radius 3 is 1.85 bits per heavy atom. The van der Waals surface area contributed by atoms with Crippen LogP contribution < -0.4 is 0 Å². The SMILES string of the molecule is CC1CC(n2c3ccccc3c3ccccc32)=CC=C1c1ccccc1C1=C(n2c3ccccc3c3cc(C#N)ccc32)C2C(C#N)C2C=C1C#N. The molecule has 0 N–H and O–H groups in total. The maximum absolute atomic E-state index is 10.8. The maximum atomic E-state index is 10.8. The van der Waals surface area contributed by atoms with Crippen molar-refractivity contribution in [2.45, 2.75) is 13.3 Å². The first-order chi connectivity index (χ1) is 25.6. The molecule has 0 spiro atoms. The van der Waals surface area contributed by atoms with Gasteiger partial charge in [0.15, 0.2) is 0 Å². The molecule has 5 aromatic carbocycles. The maximum Gasteiger partial charge on any atom is 0.0995 e. The van der Waals surface area contributed by atoms with E-state index in [1.165, 1.54) is 33.1 Å². The number of rotatable bonds is 4. The van der Waals surface area contributed by atoms with Crippen LogP contribution in [0.2, 0.25) is 0 Å². The Morgan fingerprint density at radius 2 is 1.21 bits per heavy atom. The number of para-hydroxylation sites is 3. The van der Waals surface area contributed by atoms with Crippen LogP contribution in [-0.2, 0) is 0 Å². The second-order valence-electron chi connectivity index (χ2n) is 14.2. The molecular weight excluding hydrogens is 635 g/mol. The summed E-state index contributed by atoms with van der Waals surface area (Å²) in [6, 6.07) is 47.2. The van der Waals surface area contributed by atoms with Gasteiger partial charge in [0.2, 0.25) is 0 Å². The quantitative estimate of drug-likeness (QED) is 0.188. The molecule has 4 unspecified atom stereocenters. The molecule has 244 valence electrons. The van der Waals surface area contributed by atoms with E-state index < -0.39 is 0 Å². The molecule has 4 atom stereocenters. The fraction of sp³-hybridized carbons (Fsp3) is 0.128. The Morgan fingerprint density at radius 1 is 0.615 bits per heavy atom. The van der Waals surface area contributed by atoms with Crippen molar-refractivity contribution in [3.8, 4) is 18.2 Å². The van der Waals surface area contributed by atoms with E-state index in [1.54, 1.807) is 0 Å². The Kier molecular flexibility index (Phi) is 6.53. The van der Waals surface area contributed by atoms with E-state index >= 15 is 0 Å². The summed E-state index contributed by atoms with van der Waals surface area (Å²) in [4.78, 5) is 0. The van der Waals surface area contributed by atoms with Crippen LogP contribution in [0, 0.1) is 57.7 Å². The highest BCUT2D eigenvalue weighted by molar-refractivity contribution is 6.14. The summed E-state index contributed by atoms with van der Waals surface area (Å²) in [6.45, 7) is 2.29. The van der Waals surface area contributed by atoms with Crippen LogP contribution in [0.15, 0.2) is 139 Å². The van der Waals surface area contributed by atoms with Crippen molar-refractivity contribution in [3.05, 3.63) is 156 Å². The lowest BCUT2D eigenvalue weighted by molar-refractivity contribution is 0.750. The minimum atomic E-state index is -0.220. The highest BCUT2D eigenvalue weighted by atomic mass is 15.0. The van der Waals surface area contributed by atoms with Crippen LogP contribution in [0.5, 0.6) is 0 Å². The molecular formula is C47H31N5. The molecule has 7 aromatic rings. The number of aromatic nitrogens is 2. The van der Waals surface area contributed by atoms with Gasteiger partial charge in [-0.3, -0.25) is 0 Å². The lowest BCUT2D eigenvalue weighted by atomic mass is 9.80. The molecule has 5 heteroatoms. The lowest BCUT2D eigenvalue weighted by Gasteiger charge is -2.28. The van der Waals surface area contributed by atoms with Crippen molar-refractivity contribution in [1.29, 1.82) is 15.8 Å². The molecule has 10 rings (SSSR count). The number of nitrogens with zero attached hydrogens (tertiary/aromatic N) is 5. The zero-order valence-electron chi connectivity index (χ0n) is 28.5. The standard InChI is InChI=1S/C47H31N5/c1-28-22-31(51-41-15-7-4-11-34(41)35-12-5-8-16-42(35)51)19-20-32(28)33-10-2-3-14-37(33)45-30(26-49)24-39-40(27-50)46(39)47(45)52-43-17-9-6-13-36(43)38-23-29(25-48)18-21-44(38)52/h2-21,23-24,28,39-40,46H,22H2,1H3. The zero-order chi connectivity index (χ0) is 35.1. The molecule has 2 heterocycles. The van der Waals surface area contributed by atoms with Gasteiger partial charge in [0.1, 0.15) is 0 Å². The smallest absolute Gasteiger partial charge is 0.0995 e. The Balaban J connectivity index is 1.21. The van der Waals surface area contributed by atoms with Crippen molar-refractivity contribution in [3.63, 3.8) is 0 Å². The van der Waals surface area contributed by atoms with Crippen LogP contribution >= 0.6 is 0 Å². The second-order valence-corrected chi connectivity index (χ2v) is 14.2. The number of allylic oxidation sites excluding steroid dienone is 8. The van der Waals surface area contributed by atoms with E-state index in [-0.39, 0.29) is 23.7 Å². The van der Waals surface area contributed by atoms with Gasteiger partial charge in [-0.15, -0.1) is 0 Å². The summed E-state index contributed by atoms with van der Waals surface area (Å²) >= 11 is 0. The van der Waals surface area contributed by atoms with Gasteiger partial charge >= 0.3 is 0 Å². The van der Waals surface area contributed by atoms with Crippen LogP contribution in [0.1, 0.15) is 30.0 Å². The van der Waals surface area contributed by atoms with Crippen molar-refractivity contribution < 1.29 is 0 Å². The van der Waals surface area contributed by atoms with Crippen molar-refractivity contribution in [2.75, 3.05) is 0 Å². The predicted octanol–water partition coefficient (Wildman–Crippen LogP) is 11.0. The molecule has 52 heavy (non-hydrogen) atoms. The molecule has 3 aliphatic rings. The lowest BCUT2D eigenvalue weighted by Crippen LogP contribution is -2.13. The topological polar surface area (TPSA) is 81.2 Å². The van der Waals surface area contributed by atoms with Crippen molar-refractivity contribution in [1.82, 2.24) is 9.13 Å². The van der Waals surface area contributed by atoms with Crippen LogP contribution in [0.25, 0.3) is 66.2 Å². The normalized spacial score (nSPS) is 20.9. The molecule has 1 saturated carbocycles. The highest BCUT2D eigenvalue weighted by Gasteiger charge is 2.56. The fourth-order valence-corrected chi connectivity index (χ4v) is 9.13. The minimum Gasteiger partial charge on any atom is -0.313 e. The van der Waals surface area contributed by atoms with Crippen LogP contribution in [0.3, 0.4) is 0 Å². The molecule has 2 aromatic heterocycles. The number of fused-ring (bicyclic) bond motifs is 7. The van der Waals surface area contributed by atoms with Gasteiger partial charge in [-0.05, 0) is 71.5 Å². The Bertz CT molecular complexity index is 2900. The van der Waals surface area contributed by atoms with E-state index in [2.05, 4.69) is 131 Å². The summed E-state index contributed by atoms with van der Waals surface area (Å²) in [5.41, 5.74) is 12.0. The minimum absolute atomic E-state index is 0.0234. The zero-order valence-corrected chi connectivity index (χ0v) is 28.5. The van der Waals surface area contributed by atoms with Crippen molar-refractivity contribution >= 4 is 66.2 Å². The Labute approximate surface area is 301 Å². The summed E-state index contributed by atoms with van der Waals surface area (Å²) < 4.78 is 4.68. The summed E-state index contributed by atoms with van der Waals surface area (Å²) in [7, 11) is 0. The summed E-state index contributed by atoms with van der Waals surface area (Å²) in [5.74, 6) is -0.104. The molecule has 0 radical (unpaired) electrons. The third-order valence-corrected chi connectivity index (χ3v) is 11.5. The average Bonchev–Trinajstić information content (AvgIpc) is 3.67. The largest absolute Gasteiger partial charge is 0.313 e. The highest BCUT2D eigenvalue weighted by Crippen LogP contribution is 2.61. The van der Waals surface area contributed by atoms with Gasteiger partial charge in [-0.2, -0.15) is 15.8 Å². The van der Waals surface area contributed by atoms with Gasteiger partial charge in [0.25, 0.3) is 0 Å². The van der Waals surface area contributed by atoms with Gasteiger partial charge in [-0.1, -0.05) is 97.9 Å². The average molecular weight is 666 g/mol. The van der Waals surface area contributed by atoms with Crippen LogP contribution in [-0.4, -0.2) is 9.13 Å². The first-order valence-electron chi connectivity index (χ1n) is 17.8. The summed E-state index contributed by atoms with van der Waals surface area (Å²) in [5, 5.41) is 35.4. The number of hydrogen-bond acceptors (Lipinski definition) is 3. The van der Waals surface area contributed by atoms with E-state index in [0.717, 1.165) is 50.6 Å². The van der Waals surface area contributed by atoms with Gasteiger partial charge in [0.05, 0.1) is 57.3 Å². The van der Waals surface area contributed by atoms with Crippen LogP contribution in [0.4, 0.5) is 0 Å². The first-order valence-corrected chi connectivity index (χ1v) is 17.8. The van der Waals surface area contributed by atoms with E-state index in [1.807, 2.05) is 36.4 Å². The predicted molar refractivity (Wildman–Crippen MR) is 209 cm³/mol. The number of hydrogen-bond donors (Lipinski definition) is 0. The molecule has 5 nitrogen and oxygen atoms in total. The van der Waals surface area contributed by atoms with Gasteiger partial charge < -0.3 is 9.13 Å². The molecule has 0 amide bonds. The van der Waals surface area contributed by atoms with E-state index in [0.29, 0.717) is 11.1 Å².